The summed E-state index contributed by atoms with van der Waals surface area (Å²) in [6.45, 7) is 1.82. The molecule has 122 valence electrons. The van der Waals surface area contributed by atoms with Crippen molar-refractivity contribution in [2.45, 2.75) is 24.7 Å². The van der Waals surface area contributed by atoms with Crippen LogP contribution in [0.5, 0.6) is 0 Å². The summed E-state index contributed by atoms with van der Waals surface area (Å²) in [7, 11) is 0. The second kappa shape index (κ2) is 7.47. The number of hydrogen-bond donors (Lipinski definition) is 1. The first-order valence-corrected chi connectivity index (χ1v) is 9.11. The lowest BCUT2D eigenvalue weighted by Crippen LogP contribution is -2.48. The Morgan fingerprint density at radius 3 is 2.70 bits per heavy atom. The third-order valence-electron chi connectivity index (χ3n) is 4.41. The van der Waals surface area contributed by atoms with Gasteiger partial charge in [0.2, 0.25) is 5.91 Å². The summed E-state index contributed by atoms with van der Waals surface area (Å²) in [5.74, 6) is 0.0606. The van der Waals surface area contributed by atoms with Crippen LogP contribution in [0, 0.1) is 0 Å². The molecule has 1 saturated heterocycles. The highest BCUT2D eigenvalue weighted by molar-refractivity contribution is 7.09. The van der Waals surface area contributed by atoms with E-state index in [1.165, 1.54) is 4.88 Å². The van der Waals surface area contributed by atoms with Crippen LogP contribution in [0.3, 0.4) is 0 Å². The van der Waals surface area contributed by atoms with Crippen molar-refractivity contribution in [1.82, 2.24) is 5.32 Å². The smallest absolute Gasteiger partial charge is 0.230 e. The van der Waals surface area contributed by atoms with Crippen LogP contribution < -0.4 is 5.32 Å². The van der Waals surface area contributed by atoms with Gasteiger partial charge in [0.25, 0.3) is 0 Å². The van der Waals surface area contributed by atoms with Crippen LogP contribution in [0.15, 0.2) is 41.8 Å². The molecule has 1 aromatic carbocycles. The van der Waals surface area contributed by atoms with Gasteiger partial charge in [0, 0.05) is 29.7 Å². The average Bonchev–Trinajstić information content (AvgIpc) is 3.09. The predicted molar refractivity (Wildman–Crippen MR) is 94.2 cm³/mol. The Bertz CT molecular complexity index is 651. The Kier molecular flexibility index (Phi) is 5.36. The molecule has 0 unspecified atom stereocenters. The minimum absolute atomic E-state index is 0.0606. The SMILES string of the molecule is O=C(NCCc1cccs1)C1(c2ccccc2Cl)CCOCC1. The van der Waals surface area contributed by atoms with Crippen LogP contribution in [-0.4, -0.2) is 25.7 Å². The molecule has 1 aliphatic heterocycles. The van der Waals surface area contributed by atoms with Crippen molar-refractivity contribution in [2.24, 2.45) is 0 Å². The maximum atomic E-state index is 13.0. The topological polar surface area (TPSA) is 38.3 Å². The van der Waals surface area contributed by atoms with Gasteiger partial charge in [-0.3, -0.25) is 4.79 Å². The monoisotopic (exact) mass is 349 g/mol. The van der Waals surface area contributed by atoms with E-state index in [9.17, 15) is 4.79 Å². The van der Waals surface area contributed by atoms with E-state index in [4.69, 9.17) is 16.3 Å². The van der Waals surface area contributed by atoms with Crippen LogP contribution in [0.2, 0.25) is 5.02 Å². The predicted octanol–water partition coefficient (Wildman–Crippen LogP) is 3.81. The van der Waals surface area contributed by atoms with Gasteiger partial charge in [-0.1, -0.05) is 35.9 Å². The number of rotatable bonds is 5. The Morgan fingerprint density at radius 2 is 2.00 bits per heavy atom. The second-order valence-corrected chi connectivity index (χ2v) is 7.20. The molecule has 2 aromatic rings. The van der Waals surface area contributed by atoms with Crippen LogP contribution in [0.1, 0.15) is 23.3 Å². The van der Waals surface area contributed by atoms with E-state index >= 15 is 0 Å². The van der Waals surface area contributed by atoms with Gasteiger partial charge < -0.3 is 10.1 Å². The number of nitrogens with one attached hydrogen (secondary N) is 1. The molecule has 5 heteroatoms. The van der Waals surface area contributed by atoms with E-state index in [-0.39, 0.29) is 5.91 Å². The second-order valence-electron chi connectivity index (χ2n) is 5.76. The Balaban J connectivity index is 1.75. The first-order chi connectivity index (χ1) is 11.2. The van der Waals surface area contributed by atoms with Crippen molar-refractivity contribution in [3.8, 4) is 0 Å². The normalized spacial score (nSPS) is 16.9. The summed E-state index contributed by atoms with van der Waals surface area (Å²) in [6, 6.07) is 11.8. The number of thiophene rings is 1. The molecular formula is C18H20ClNO2S. The molecule has 1 aliphatic rings. The Morgan fingerprint density at radius 1 is 1.22 bits per heavy atom. The minimum atomic E-state index is -0.577. The Labute approximate surface area is 145 Å². The maximum Gasteiger partial charge on any atom is 0.230 e. The first-order valence-electron chi connectivity index (χ1n) is 7.86. The highest BCUT2D eigenvalue weighted by atomic mass is 35.5. The summed E-state index contributed by atoms with van der Waals surface area (Å²) in [5.41, 5.74) is 0.338. The van der Waals surface area contributed by atoms with Gasteiger partial charge in [-0.15, -0.1) is 11.3 Å². The molecule has 2 heterocycles. The summed E-state index contributed by atoms with van der Waals surface area (Å²) in [4.78, 5) is 14.3. The average molecular weight is 350 g/mol. The molecule has 1 N–H and O–H groups in total. The molecule has 0 aliphatic carbocycles. The van der Waals surface area contributed by atoms with Gasteiger partial charge in [0.1, 0.15) is 0 Å². The number of carbonyl (C=O) groups excluding carboxylic acids is 1. The van der Waals surface area contributed by atoms with E-state index in [0.29, 0.717) is 37.6 Å². The third kappa shape index (κ3) is 3.60. The fourth-order valence-electron chi connectivity index (χ4n) is 3.11. The molecule has 0 radical (unpaired) electrons. The summed E-state index contributed by atoms with van der Waals surface area (Å²) >= 11 is 8.10. The zero-order valence-electron chi connectivity index (χ0n) is 12.9. The van der Waals surface area contributed by atoms with Gasteiger partial charge in [0.05, 0.1) is 5.41 Å². The highest BCUT2D eigenvalue weighted by Crippen LogP contribution is 2.38. The van der Waals surface area contributed by atoms with E-state index in [2.05, 4.69) is 16.8 Å². The molecule has 0 saturated carbocycles. The van der Waals surface area contributed by atoms with Crippen LogP contribution >= 0.6 is 22.9 Å². The van der Waals surface area contributed by atoms with Crippen LogP contribution in [0.4, 0.5) is 0 Å². The van der Waals surface area contributed by atoms with Crippen molar-refractivity contribution in [2.75, 3.05) is 19.8 Å². The lowest BCUT2D eigenvalue weighted by Gasteiger charge is -2.36. The summed E-state index contributed by atoms with van der Waals surface area (Å²) in [6.07, 6.45) is 2.20. The van der Waals surface area contributed by atoms with E-state index in [1.807, 2.05) is 30.3 Å². The quantitative estimate of drug-likeness (QED) is 0.891. The van der Waals surface area contributed by atoms with Crippen molar-refractivity contribution < 1.29 is 9.53 Å². The van der Waals surface area contributed by atoms with E-state index in [1.54, 1.807) is 11.3 Å². The number of ether oxygens (including phenoxy) is 1. The molecule has 23 heavy (non-hydrogen) atoms. The van der Waals surface area contributed by atoms with Crippen LogP contribution in [0.25, 0.3) is 0 Å². The first kappa shape index (κ1) is 16.5. The van der Waals surface area contributed by atoms with Crippen molar-refractivity contribution >= 4 is 28.8 Å². The van der Waals surface area contributed by atoms with Crippen molar-refractivity contribution in [3.05, 3.63) is 57.2 Å². The molecule has 1 amide bonds. The fourth-order valence-corrected chi connectivity index (χ4v) is 4.14. The zero-order chi connectivity index (χ0) is 16.1. The van der Waals surface area contributed by atoms with Gasteiger partial charge in [-0.25, -0.2) is 0 Å². The number of hydrogen-bond acceptors (Lipinski definition) is 3. The molecule has 3 nitrogen and oxygen atoms in total. The molecule has 1 aromatic heterocycles. The Hall–Kier alpha value is -1.36. The summed E-state index contributed by atoms with van der Waals surface area (Å²) in [5, 5.41) is 5.82. The van der Waals surface area contributed by atoms with E-state index < -0.39 is 5.41 Å². The molecule has 0 bridgehead atoms. The van der Waals surface area contributed by atoms with Crippen molar-refractivity contribution in [1.29, 1.82) is 0 Å². The highest BCUT2D eigenvalue weighted by Gasteiger charge is 2.42. The largest absolute Gasteiger partial charge is 0.381 e. The fraction of sp³-hybridized carbons (Fsp3) is 0.389. The van der Waals surface area contributed by atoms with Gasteiger partial charge in [0.15, 0.2) is 0 Å². The third-order valence-corrected chi connectivity index (χ3v) is 5.67. The zero-order valence-corrected chi connectivity index (χ0v) is 14.5. The number of amides is 1. The lowest BCUT2D eigenvalue weighted by molar-refractivity contribution is -0.130. The van der Waals surface area contributed by atoms with Gasteiger partial charge in [-0.2, -0.15) is 0 Å². The number of carbonyl (C=O) groups is 1. The molecule has 0 spiro atoms. The number of halogens is 1. The maximum absolute atomic E-state index is 13.0. The number of benzene rings is 1. The molecular weight excluding hydrogens is 330 g/mol. The standard InChI is InChI=1S/C18H20ClNO2S/c19-16-6-2-1-5-15(16)18(8-11-22-12-9-18)17(21)20-10-7-14-4-3-13-23-14/h1-6,13H,7-12H2,(H,20,21). The molecule has 0 atom stereocenters. The van der Waals surface area contributed by atoms with E-state index in [0.717, 1.165) is 12.0 Å². The minimum Gasteiger partial charge on any atom is -0.381 e. The molecule has 3 rings (SSSR count). The van der Waals surface area contributed by atoms with Crippen LogP contribution in [-0.2, 0) is 21.4 Å². The molecule has 1 fully saturated rings. The van der Waals surface area contributed by atoms with Gasteiger partial charge >= 0.3 is 0 Å². The lowest BCUT2D eigenvalue weighted by atomic mass is 9.73. The van der Waals surface area contributed by atoms with Gasteiger partial charge in [-0.05, 0) is 42.3 Å². The van der Waals surface area contributed by atoms with Crippen molar-refractivity contribution in [3.63, 3.8) is 0 Å². The summed E-state index contributed by atoms with van der Waals surface area (Å²) < 4.78 is 5.48.